The van der Waals surface area contributed by atoms with E-state index in [9.17, 15) is 13.2 Å². The molecule has 1 amide bonds. The molecule has 1 aromatic carbocycles. The third kappa shape index (κ3) is 3.16. The number of nitrogens with zero attached hydrogens (tertiary/aromatic N) is 6. The number of amides is 1. The van der Waals surface area contributed by atoms with Crippen LogP contribution in [0.4, 0.5) is 0 Å². The summed E-state index contributed by atoms with van der Waals surface area (Å²) in [5.41, 5.74) is 1.91. The van der Waals surface area contributed by atoms with Crippen molar-refractivity contribution in [1.29, 1.82) is 0 Å². The summed E-state index contributed by atoms with van der Waals surface area (Å²) in [5, 5.41) is 6.78. The van der Waals surface area contributed by atoms with E-state index in [1.807, 2.05) is 0 Å². The molecular weight excluding hydrogens is 368 g/mol. The molecule has 140 valence electrons. The largest absolute Gasteiger partial charge is 0.339 e. The first-order valence-electron chi connectivity index (χ1n) is 8.55. The molecule has 0 bridgehead atoms. The lowest BCUT2D eigenvalue weighted by Gasteiger charge is -2.31. The highest BCUT2D eigenvalue weighted by molar-refractivity contribution is 7.91. The second-order valence-electron chi connectivity index (χ2n) is 6.52. The van der Waals surface area contributed by atoms with E-state index in [-0.39, 0.29) is 11.1 Å². The summed E-state index contributed by atoms with van der Waals surface area (Å²) in [6, 6.07) is 5.20. The van der Waals surface area contributed by atoms with Crippen molar-refractivity contribution in [3.8, 4) is 0 Å². The first kappa shape index (κ1) is 17.5. The molecule has 0 atom stereocenters. The quantitative estimate of drug-likeness (QED) is 0.656. The fraction of sp³-hybridized carbons (Fsp3) is 0.353. The number of carbonyl (C=O) groups excluding carboxylic acids is 1. The summed E-state index contributed by atoms with van der Waals surface area (Å²) in [5.74, 6) is -0.128. The molecule has 3 heterocycles. The van der Waals surface area contributed by atoms with Gasteiger partial charge in [-0.15, -0.1) is 10.2 Å². The summed E-state index contributed by atoms with van der Waals surface area (Å²) < 4.78 is 26.8. The zero-order valence-corrected chi connectivity index (χ0v) is 15.5. The van der Waals surface area contributed by atoms with Crippen molar-refractivity contribution in [1.82, 2.24) is 29.6 Å². The van der Waals surface area contributed by atoms with Crippen LogP contribution in [0.1, 0.15) is 23.2 Å². The van der Waals surface area contributed by atoms with Gasteiger partial charge >= 0.3 is 0 Å². The molecule has 3 aromatic rings. The van der Waals surface area contributed by atoms with Crippen LogP contribution in [0.2, 0.25) is 0 Å². The Hall–Kier alpha value is -2.88. The molecule has 1 saturated heterocycles. The number of likely N-dealkylation sites (tertiary alicyclic amines) is 1. The predicted molar refractivity (Wildman–Crippen MR) is 96.7 cm³/mol. The fourth-order valence-electron chi connectivity index (χ4n) is 3.33. The van der Waals surface area contributed by atoms with E-state index in [1.54, 1.807) is 42.5 Å². The van der Waals surface area contributed by atoms with Gasteiger partial charge in [-0.3, -0.25) is 14.8 Å². The highest BCUT2D eigenvalue weighted by Gasteiger charge is 2.35. The minimum atomic E-state index is -3.56. The van der Waals surface area contributed by atoms with E-state index in [4.69, 9.17) is 0 Å². The van der Waals surface area contributed by atoms with Gasteiger partial charge in [0.05, 0.1) is 16.3 Å². The fourth-order valence-corrected chi connectivity index (χ4v) is 5.07. The molecule has 2 aromatic heterocycles. The van der Waals surface area contributed by atoms with Gasteiger partial charge in [0.25, 0.3) is 5.91 Å². The van der Waals surface area contributed by atoms with Crippen molar-refractivity contribution < 1.29 is 13.2 Å². The lowest BCUT2D eigenvalue weighted by atomic mass is 10.1. The van der Waals surface area contributed by atoms with Crippen molar-refractivity contribution in [2.45, 2.75) is 23.2 Å². The maximum Gasteiger partial charge on any atom is 0.253 e. The van der Waals surface area contributed by atoms with Crippen LogP contribution in [0.5, 0.6) is 0 Å². The predicted octanol–water partition coefficient (Wildman–Crippen LogP) is 0.837. The Morgan fingerprint density at radius 2 is 1.81 bits per heavy atom. The van der Waals surface area contributed by atoms with Crippen LogP contribution < -0.4 is 0 Å². The number of piperidine rings is 1. The minimum Gasteiger partial charge on any atom is -0.339 e. The molecular formula is C17H18N6O3S. The summed E-state index contributed by atoms with van der Waals surface area (Å²) in [6.07, 6.45) is 5.29. The zero-order chi connectivity index (χ0) is 19.0. The van der Waals surface area contributed by atoms with Gasteiger partial charge in [-0.05, 0) is 31.0 Å². The lowest BCUT2D eigenvalue weighted by Crippen LogP contribution is -2.42. The molecule has 4 rings (SSSR count). The van der Waals surface area contributed by atoms with Gasteiger partial charge in [-0.1, -0.05) is 0 Å². The van der Waals surface area contributed by atoms with Crippen molar-refractivity contribution in [2.75, 3.05) is 13.1 Å². The van der Waals surface area contributed by atoms with Crippen molar-refractivity contribution in [3.63, 3.8) is 0 Å². The summed E-state index contributed by atoms with van der Waals surface area (Å²) in [4.78, 5) is 22.9. The first-order valence-corrected chi connectivity index (χ1v) is 10.1. The van der Waals surface area contributed by atoms with Gasteiger partial charge in [0.1, 0.15) is 6.33 Å². The number of aryl methyl sites for hydroxylation is 1. The average Bonchev–Trinajstić information content (AvgIpc) is 3.14. The van der Waals surface area contributed by atoms with Crippen LogP contribution >= 0.6 is 0 Å². The molecule has 9 nitrogen and oxygen atoms in total. The maximum absolute atomic E-state index is 12.8. The van der Waals surface area contributed by atoms with Crippen LogP contribution in [-0.4, -0.2) is 62.3 Å². The van der Waals surface area contributed by atoms with Crippen molar-refractivity contribution in [2.24, 2.45) is 7.05 Å². The maximum atomic E-state index is 12.8. The van der Waals surface area contributed by atoms with Gasteiger partial charge in [-0.25, -0.2) is 8.42 Å². The number of benzene rings is 1. The average molecular weight is 386 g/mol. The lowest BCUT2D eigenvalue weighted by molar-refractivity contribution is 0.0725. The number of carbonyl (C=O) groups is 1. The van der Waals surface area contributed by atoms with Crippen LogP contribution in [-0.2, 0) is 16.9 Å². The smallest absolute Gasteiger partial charge is 0.253 e. The van der Waals surface area contributed by atoms with E-state index < -0.39 is 15.1 Å². The molecule has 27 heavy (non-hydrogen) atoms. The normalized spacial score (nSPS) is 16.0. The number of fused-ring (bicyclic) bond motifs is 1. The molecule has 0 aliphatic carbocycles. The van der Waals surface area contributed by atoms with E-state index in [0.717, 1.165) is 5.52 Å². The van der Waals surface area contributed by atoms with Crippen LogP contribution in [0.3, 0.4) is 0 Å². The van der Waals surface area contributed by atoms with E-state index >= 15 is 0 Å². The first-order chi connectivity index (χ1) is 13.0. The number of rotatable bonds is 3. The molecule has 0 spiro atoms. The van der Waals surface area contributed by atoms with Gasteiger partial charge in [0.2, 0.25) is 15.0 Å². The summed E-state index contributed by atoms with van der Waals surface area (Å²) in [6.45, 7) is 0.748. The van der Waals surface area contributed by atoms with E-state index in [2.05, 4.69) is 20.2 Å². The third-order valence-electron chi connectivity index (χ3n) is 4.81. The molecule has 0 unspecified atom stereocenters. The molecule has 1 fully saturated rings. The Morgan fingerprint density at radius 3 is 2.48 bits per heavy atom. The second-order valence-corrected chi connectivity index (χ2v) is 8.64. The Morgan fingerprint density at radius 1 is 1.11 bits per heavy atom. The van der Waals surface area contributed by atoms with E-state index in [1.165, 1.54) is 10.9 Å². The van der Waals surface area contributed by atoms with Crippen molar-refractivity contribution >= 4 is 26.8 Å². The Balaban J connectivity index is 1.48. The summed E-state index contributed by atoms with van der Waals surface area (Å²) in [7, 11) is -1.95. The van der Waals surface area contributed by atoms with Crippen LogP contribution in [0.25, 0.3) is 11.0 Å². The number of hydrogen-bond donors (Lipinski definition) is 0. The minimum absolute atomic E-state index is 0.0274. The van der Waals surface area contributed by atoms with Gasteiger partial charge < -0.3 is 9.47 Å². The SMILES string of the molecule is Cn1cnnc1S(=O)(=O)C1CCN(C(=O)c2ccc3nccnc3c2)CC1. The van der Waals surface area contributed by atoms with E-state index in [0.29, 0.717) is 37.0 Å². The highest BCUT2D eigenvalue weighted by atomic mass is 32.2. The van der Waals surface area contributed by atoms with Gasteiger partial charge in [-0.2, -0.15) is 0 Å². The molecule has 0 radical (unpaired) electrons. The Labute approximate surface area is 156 Å². The third-order valence-corrected chi connectivity index (χ3v) is 7.04. The standard InChI is InChI=1S/C17H18N6O3S/c1-22-11-20-21-17(22)27(25,26)13-4-8-23(9-5-13)16(24)12-2-3-14-15(10-12)19-7-6-18-14/h2-3,6-7,10-11,13H,4-5,8-9H2,1H3. The monoisotopic (exact) mass is 386 g/mol. The highest BCUT2D eigenvalue weighted by Crippen LogP contribution is 2.24. The number of hydrogen-bond acceptors (Lipinski definition) is 7. The van der Waals surface area contributed by atoms with Crippen LogP contribution in [0.15, 0.2) is 42.1 Å². The molecule has 1 aliphatic rings. The number of aromatic nitrogens is 5. The zero-order valence-electron chi connectivity index (χ0n) is 14.7. The Kier molecular flexibility index (Phi) is 4.34. The Bertz CT molecular complexity index is 1100. The molecule has 0 saturated carbocycles. The van der Waals surface area contributed by atoms with Gasteiger partial charge in [0.15, 0.2) is 0 Å². The number of sulfone groups is 1. The molecule has 1 aliphatic heterocycles. The topological polar surface area (TPSA) is 111 Å². The molecule has 10 heteroatoms. The van der Waals surface area contributed by atoms with Gasteiger partial charge in [0, 0.05) is 38.1 Å². The summed E-state index contributed by atoms with van der Waals surface area (Å²) >= 11 is 0. The molecule has 0 N–H and O–H groups in total. The second kappa shape index (κ2) is 6.69. The van der Waals surface area contributed by atoms with Crippen LogP contribution in [0, 0.1) is 0 Å². The van der Waals surface area contributed by atoms with Crippen molar-refractivity contribution in [3.05, 3.63) is 42.5 Å².